The Morgan fingerprint density at radius 2 is 2.11 bits per heavy atom. The lowest BCUT2D eigenvalue weighted by Crippen LogP contribution is -2.40. The highest BCUT2D eigenvalue weighted by atomic mass is 16.4. The molecule has 2 N–H and O–H groups in total. The zero-order valence-electron chi connectivity index (χ0n) is 10.1. The van der Waals surface area contributed by atoms with Gasteiger partial charge < -0.3 is 19.5 Å². The minimum absolute atomic E-state index is 0.00497. The molecule has 0 unspecified atom stereocenters. The smallest absolute Gasteiger partial charge is 0.326 e. The monoisotopic (exact) mass is 254 g/mol. The summed E-state index contributed by atoms with van der Waals surface area (Å²) < 4.78 is 5.17. The molecule has 1 aliphatic rings. The normalized spacial score (nSPS) is 23.4. The van der Waals surface area contributed by atoms with Crippen molar-refractivity contribution in [1.82, 2.24) is 9.88 Å². The Bertz CT molecular complexity index is 496. The Morgan fingerprint density at radius 1 is 1.44 bits per heavy atom. The van der Waals surface area contributed by atoms with Crippen LogP contribution in [0, 0.1) is 13.8 Å². The Hall–Kier alpha value is -1.89. The molecular formula is C11H14N2O5. The van der Waals surface area contributed by atoms with Crippen molar-refractivity contribution in [1.29, 1.82) is 0 Å². The molecule has 0 radical (unpaired) electrons. The van der Waals surface area contributed by atoms with Gasteiger partial charge in [0.2, 0.25) is 5.76 Å². The number of oxazole rings is 1. The van der Waals surface area contributed by atoms with Crippen LogP contribution in [0.15, 0.2) is 4.42 Å². The third-order valence-corrected chi connectivity index (χ3v) is 2.92. The molecule has 2 rings (SSSR count). The van der Waals surface area contributed by atoms with Gasteiger partial charge in [0, 0.05) is 19.9 Å². The van der Waals surface area contributed by atoms with Crippen LogP contribution >= 0.6 is 0 Å². The van der Waals surface area contributed by atoms with Crippen LogP contribution in [-0.4, -0.2) is 50.7 Å². The number of hydrogen-bond acceptors (Lipinski definition) is 5. The number of likely N-dealkylation sites (tertiary alicyclic amines) is 1. The van der Waals surface area contributed by atoms with E-state index >= 15 is 0 Å². The highest BCUT2D eigenvalue weighted by Crippen LogP contribution is 2.22. The molecule has 1 fully saturated rings. The van der Waals surface area contributed by atoms with Gasteiger partial charge in [0.25, 0.3) is 5.91 Å². The summed E-state index contributed by atoms with van der Waals surface area (Å²) in [6.07, 6.45) is -0.785. The second-order valence-electron chi connectivity index (χ2n) is 4.35. The first kappa shape index (κ1) is 12.6. The fraction of sp³-hybridized carbons (Fsp3) is 0.545. The largest absolute Gasteiger partial charge is 0.480 e. The number of aliphatic carboxylic acids is 1. The Labute approximate surface area is 103 Å². The summed E-state index contributed by atoms with van der Waals surface area (Å²) >= 11 is 0. The highest BCUT2D eigenvalue weighted by molar-refractivity contribution is 5.95. The van der Waals surface area contributed by atoms with Crippen molar-refractivity contribution >= 4 is 11.9 Å². The molecule has 0 spiro atoms. The molecule has 98 valence electrons. The maximum absolute atomic E-state index is 12.2. The molecule has 18 heavy (non-hydrogen) atoms. The summed E-state index contributed by atoms with van der Waals surface area (Å²) in [4.78, 5) is 28.3. The number of aryl methyl sites for hydroxylation is 2. The number of carbonyl (C=O) groups excluding carboxylic acids is 1. The lowest BCUT2D eigenvalue weighted by molar-refractivity contribution is -0.141. The van der Waals surface area contributed by atoms with Gasteiger partial charge in [0.05, 0.1) is 11.8 Å². The quantitative estimate of drug-likeness (QED) is 0.767. The first-order valence-electron chi connectivity index (χ1n) is 5.56. The van der Waals surface area contributed by atoms with E-state index in [0.29, 0.717) is 11.6 Å². The summed E-state index contributed by atoms with van der Waals surface area (Å²) in [5.74, 6) is -1.29. The van der Waals surface area contributed by atoms with Gasteiger partial charge >= 0.3 is 5.97 Å². The molecule has 1 aromatic heterocycles. The van der Waals surface area contributed by atoms with Crippen molar-refractivity contribution in [3.63, 3.8) is 0 Å². The summed E-state index contributed by atoms with van der Waals surface area (Å²) in [6.45, 7) is 3.22. The van der Waals surface area contributed by atoms with E-state index in [0.717, 1.165) is 4.90 Å². The second kappa shape index (κ2) is 4.41. The Morgan fingerprint density at radius 3 is 2.61 bits per heavy atom. The fourth-order valence-electron chi connectivity index (χ4n) is 2.13. The predicted octanol–water partition coefficient (Wildman–Crippen LogP) is -0.0486. The summed E-state index contributed by atoms with van der Waals surface area (Å²) in [5, 5.41) is 18.5. The van der Waals surface area contributed by atoms with Crippen molar-refractivity contribution in [2.45, 2.75) is 32.4 Å². The van der Waals surface area contributed by atoms with Gasteiger partial charge in [-0.2, -0.15) is 0 Å². The standard InChI is InChI=1S/C11H14N2O5/c1-5-9(18-6(2)12-5)10(15)13-4-7(14)3-8(13)11(16)17/h7-8,14H,3-4H2,1-2H3,(H,16,17)/t7-,8+/m1/s1. The van der Waals surface area contributed by atoms with E-state index in [2.05, 4.69) is 4.98 Å². The number of carbonyl (C=O) groups is 2. The van der Waals surface area contributed by atoms with Crippen molar-refractivity contribution in [2.24, 2.45) is 0 Å². The van der Waals surface area contributed by atoms with Crippen molar-refractivity contribution < 1.29 is 24.2 Å². The molecule has 0 aromatic carbocycles. The number of β-amino-alcohol motifs (C(OH)–C–C–N with tert-alkyl or cyclic N) is 1. The number of carboxylic acid groups (broad SMARTS) is 1. The molecule has 0 saturated carbocycles. The van der Waals surface area contributed by atoms with Crippen molar-refractivity contribution in [3.8, 4) is 0 Å². The predicted molar refractivity (Wildman–Crippen MR) is 59.1 cm³/mol. The molecular weight excluding hydrogens is 240 g/mol. The van der Waals surface area contributed by atoms with Crippen LogP contribution in [-0.2, 0) is 4.79 Å². The lowest BCUT2D eigenvalue weighted by atomic mass is 10.2. The molecule has 1 saturated heterocycles. The number of carboxylic acids is 1. The fourth-order valence-corrected chi connectivity index (χ4v) is 2.13. The molecule has 2 atom stereocenters. The number of aliphatic hydroxyl groups is 1. The Kier molecular flexibility index (Phi) is 3.08. The van der Waals surface area contributed by atoms with Gasteiger partial charge in [-0.1, -0.05) is 0 Å². The third kappa shape index (κ3) is 2.08. The van der Waals surface area contributed by atoms with Crippen LogP contribution in [0.1, 0.15) is 28.6 Å². The number of nitrogens with zero attached hydrogens (tertiary/aromatic N) is 2. The van der Waals surface area contributed by atoms with Gasteiger partial charge in [-0.25, -0.2) is 9.78 Å². The van der Waals surface area contributed by atoms with Crippen LogP contribution in [0.4, 0.5) is 0 Å². The molecule has 7 heteroatoms. The van der Waals surface area contributed by atoms with E-state index in [1.165, 1.54) is 0 Å². The van der Waals surface area contributed by atoms with Crippen LogP contribution in [0.5, 0.6) is 0 Å². The molecule has 7 nitrogen and oxygen atoms in total. The van der Waals surface area contributed by atoms with Gasteiger partial charge in [-0.3, -0.25) is 4.79 Å². The van der Waals surface area contributed by atoms with Crippen LogP contribution in [0.2, 0.25) is 0 Å². The first-order chi connectivity index (χ1) is 8.40. The molecule has 1 aliphatic heterocycles. The molecule has 1 amide bonds. The zero-order chi connectivity index (χ0) is 13.4. The van der Waals surface area contributed by atoms with Crippen LogP contribution in [0.3, 0.4) is 0 Å². The number of amides is 1. The van der Waals surface area contributed by atoms with E-state index in [9.17, 15) is 14.7 Å². The van der Waals surface area contributed by atoms with Crippen LogP contribution < -0.4 is 0 Å². The van der Waals surface area contributed by atoms with Crippen LogP contribution in [0.25, 0.3) is 0 Å². The van der Waals surface area contributed by atoms with Gasteiger partial charge in [0.1, 0.15) is 6.04 Å². The zero-order valence-corrected chi connectivity index (χ0v) is 10.1. The van der Waals surface area contributed by atoms with Crippen molar-refractivity contribution in [2.75, 3.05) is 6.54 Å². The number of rotatable bonds is 2. The van der Waals surface area contributed by atoms with E-state index in [1.54, 1.807) is 13.8 Å². The molecule has 0 bridgehead atoms. The highest BCUT2D eigenvalue weighted by Gasteiger charge is 2.40. The Balaban J connectivity index is 2.28. The SMILES string of the molecule is Cc1nc(C)c(C(=O)N2C[C@H](O)C[C@H]2C(=O)O)o1. The lowest BCUT2D eigenvalue weighted by Gasteiger charge is -2.19. The average Bonchev–Trinajstić information content (AvgIpc) is 2.81. The van der Waals surface area contributed by atoms with E-state index < -0.39 is 24.0 Å². The maximum Gasteiger partial charge on any atom is 0.326 e. The first-order valence-corrected chi connectivity index (χ1v) is 5.56. The number of hydrogen-bond donors (Lipinski definition) is 2. The molecule has 0 aliphatic carbocycles. The van der Waals surface area contributed by atoms with Crippen molar-refractivity contribution in [3.05, 3.63) is 17.3 Å². The van der Waals surface area contributed by atoms with E-state index in [-0.39, 0.29) is 18.7 Å². The summed E-state index contributed by atoms with van der Waals surface area (Å²) in [7, 11) is 0. The molecule has 1 aromatic rings. The second-order valence-corrected chi connectivity index (χ2v) is 4.35. The van der Waals surface area contributed by atoms with E-state index in [4.69, 9.17) is 9.52 Å². The maximum atomic E-state index is 12.2. The number of aromatic nitrogens is 1. The van der Waals surface area contributed by atoms with E-state index in [1.807, 2.05) is 0 Å². The van der Waals surface area contributed by atoms with Gasteiger partial charge in [-0.15, -0.1) is 0 Å². The average molecular weight is 254 g/mol. The molecule has 2 heterocycles. The topological polar surface area (TPSA) is 104 Å². The third-order valence-electron chi connectivity index (χ3n) is 2.92. The number of aliphatic hydroxyl groups excluding tert-OH is 1. The minimum atomic E-state index is -1.13. The van der Waals surface area contributed by atoms with Gasteiger partial charge in [0.15, 0.2) is 5.89 Å². The van der Waals surface area contributed by atoms with Gasteiger partial charge in [-0.05, 0) is 6.92 Å². The minimum Gasteiger partial charge on any atom is -0.480 e. The summed E-state index contributed by atoms with van der Waals surface area (Å²) in [6, 6.07) is -1.02. The summed E-state index contributed by atoms with van der Waals surface area (Å²) in [5.41, 5.74) is 0.419.